The molecule has 0 aliphatic carbocycles. The predicted octanol–water partition coefficient (Wildman–Crippen LogP) is 2.95. The average Bonchev–Trinajstić information content (AvgIpc) is 3.44. The first-order valence-corrected chi connectivity index (χ1v) is 11.4. The lowest BCUT2D eigenvalue weighted by molar-refractivity contribution is -0.384. The maximum absolute atomic E-state index is 12.7. The molecule has 164 valence electrons. The number of nitrogens with zero attached hydrogens (tertiary/aromatic N) is 3. The van der Waals surface area contributed by atoms with Gasteiger partial charge in [-0.25, -0.2) is 13.2 Å². The summed E-state index contributed by atoms with van der Waals surface area (Å²) in [6, 6.07) is 11.1. The van der Waals surface area contributed by atoms with Gasteiger partial charge >= 0.3 is 6.09 Å². The third kappa shape index (κ3) is 4.32. The molecule has 2 aromatic rings. The van der Waals surface area contributed by atoms with Crippen molar-refractivity contribution in [2.75, 3.05) is 36.5 Å². The van der Waals surface area contributed by atoms with Crippen LogP contribution in [-0.2, 0) is 21.3 Å². The Morgan fingerprint density at radius 1 is 1.10 bits per heavy atom. The number of hydrogen-bond donors (Lipinski definition) is 1. The molecule has 0 bridgehead atoms. The van der Waals surface area contributed by atoms with Crippen LogP contribution in [0.2, 0.25) is 0 Å². The van der Waals surface area contributed by atoms with Gasteiger partial charge in [-0.3, -0.25) is 15.0 Å². The van der Waals surface area contributed by atoms with E-state index in [1.807, 2.05) is 6.07 Å². The lowest BCUT2D eigenvalue weighted by atomic mass is 10.1. The van der Waals surface area contributed by atoms with E-state index < -0.39 is 21.0 Å². The van der Waals surface area contributed by atoms with Gasteiger partial charge in [0.1, 0.15) is 12.3 Å². The maximum Gasteiger partial charge on any atom is 0.414 e. The molecule has 2 saturated heterocycles. The summed E-state index contributed by atoms with van der Waals surface area (Å²) in [5.41, 5.74) is 1.40. The maximum atomic E-state index is 12.7. The van der Waals surface area contributed by atoms with Gasteiger partial charge in [0.15, 0.2) is 0 Å². The standard InChI is InChI=1S/C20H22N4O6S/c25-20-23(10-11-30-20)16-5-3-4-15(12-16)14-21-18-7-6-17(13-19(18)24(26)27)31(28,29)22-8-1-2-9-22/h3-7,12-13,21H,1-2,8-11,14H2. The second-order valence-corrected chi connectivity index (χ2v) is 9.27. The van der Waals surface area contributed by atoms with Crippen LogP contribution < -0.4 is 10.2 Å². The van der Waals surface area contributed by atoms with Crippen LogP contribution in [0.25, 0.3) is 0 Å². The van der Waals surface area contributed by atoms with Crippen LogP contribution in [-0.4, -0.2) is 50.0 Å². The Morgan fingerprint density at radius 3 is 2.55 bits per heavy atom. The summed E-state index contributed by atoms with van der Waals surface area (Å²) in [4.78, 5) is 24.2. The minimum Gasteiger partial charge on any atom is -0.447 e. The fourth-order valence-corrected chi connectivity index (χ4v) is 5.25. The van der Waals surface area contributed by atoms with Crippen molar-refractivity contribution in [3.63, 3.8) is 0 Å². The Bertz CT molecular complexity index is 1110. The quantitative estimate of drug-likeness (QED) is 0.512. The Morgan fingerprint density at radius 2 is 1.87 bits per heavy atom. The Hall–Kier alpha value is -3.18. The molecule has 0 atom stereocenters. The summed E-state index contributed by atoms with van der Waals surface area (Å²) >= 11 is 0. The number of sulfonamides is 1. The van der Waals surface area contributed by atoms with Crippen molar-refractivity contribution in [3.8, 4) is 0 Å². The van der Waals surface area contributed by atoms with E-state index in [9.17, 15) is 23.3 Å². The van der Waals surface area contributed by atoms with Gasteiger partial charge in [-0.1, -0.05) is 12.1 Å². The second-order valence-electron chi connectivity index (χ2n) is 7.34. The first-order valence-electron chi connectivity index (χ1n) is 9.92. The molecule has 0 aromatic heterocycles. The number of benzene rings is 2. The number of nitro benzene ring substituents is 1. The average molecular weight is 446 g/mol. The number of carbonyl (C=O) groups excluding carboxylic acids is 1. The van der Waals surface area contributed by atoms with E-state index in [0.29, 0.717) is 31.9 Å². The summed E-state index contributed by atoms with van der Waals surface area (Å²) < 4.78 is 31.8. The molecule has 1 N–H and O–H groups in total. The summed E-state index contributed by atoms with van der Waals surface area (Å²) in [5, 5.41) is 14.6. The SMILES string of the molecule is O=C1OCCN1c1cccc(CNc2ccc(S(=O)(=O)N3CCCC3)cc2[N+](=O)[O-])c1. The highest BCUT2D eigenvalue weighted by atomic mass is 32.2. The fourth-order valence-electron chi connectivity index (χ4n) is 3.71. The van der Waals surface area contributed by atoms with E-state index >= 15 is 0 Å². The van der Waals surface area contributed by atoms with Gasteiger partial charge in [0.2, 0.25) is 10.0 Å². The predicted molar refractivity (Wildman–Crippen MR) is 114 cm³/mol. The van der Waals surface area contributed by atoms with Crippen molar-refractivity contribution >= 4 is 33.2 Å². The van der Waals surface area contributed by atoms with E-state index in [4.69, 9.17) is 4.74 Å². The van der Waals surface area contributed by atoms with Crippen LogP contribution >= 0.6 is 0 Å². The first-order chi connectivity index (χ1) is 14.9. The van der Waals surface area contributed by atoms with Crippen molar-refractivity contribution in [2.24, 2.45) is 0 Å². The van der Waals surface area contributed by atoms with Gasteiger partial charge in [0, 0.05) is 31.4 Å². The van der Waals surface area contributed by atoms with Crippen LogP contribution in [0.5, 0.6) is 0 Å². The van der Waals surface area contributed by atoms with Crippen LogP contribution in [0.3, 0.4) is 0 Å². The van der Waals surface area contributed by atoms with Gasteiger partial charge in [-0.15, -0.1) is 0 Å². The normalized spacial score (nSPS) is 17.0. The zero-order valence-corrected chi connectivity index (χ0v) is 17.5. The number of ether oxygens (including phenoxy) is 1. The Labute approximate surface area is 179 Å². The second kappa shape index (κ2) is 8.52. The molecule has 0 radical (unpaired) electrons. The van der Waals surface area contributed by atoms with E-state index in [2.05, 4.69) is 5.32 Å². The van der Waals surface area contributed by atoms with Gasteiger partial charge < -0.3 is 10.1 Å². The number of nitrogens with one attached hydrogen (secondary N) is 1. The molecule has 0 unspecified atom stereocenters. The molecule has 0 spiro atoms. The largest absolute Gasteiger partial charge is 0.447 e. The Kier molecular flexibility index (Phi) is 5.79. The van der Waals surface area contributed by atoms with Crippen molar-refractivity contribution in [2.45, 2.75) is 24.3 Å². The van der Waals surface area contributed by atoms with E-state index in [1.165, 1.54) is 21.3 Å². The number of nitro groups is 1. The van der Waals surface area contributed by atoms with Crippen LogP contribution in [0.4, 0.5) is 21.9 Å². The molecule has 2 aromatic carbocycles. The molecule has 4 rings (SSSR count). The van der Waals surface area contributed by atoms with Crippen LogP contribution in [0.15, 0.2) is 47.4 Å². The van der Waals surface area contributed by atoms with E-state index in [1.54, 1.807) is 18.2 Å². The lowest BCUT2D eigenvalue weighted by Gasteiger charge is -2.16. The van der Waals surface area contributed by atoms with E-state index in [0.717, 1.165) is 24.5 Å². The zero-order valence-electron chi connectivity index (χ0n) is 16.7. The topological polar surface area (TPSA) is 122 Å². The van der Waals surface area contributed by atoms with Gasteiger partial charge in [0.25, 0.3) is 5.69 Å². The highest BCUT2D eigenvalue weighted by Gasteiger charge is 2.29. The highest BCUT2D eigenvalue weighted by molar-refractivity contribution is 7.89. The molecule has 10 nitrogen and oxygen atoms in total. The summed E-state index contributed by atoms with van der Waals surface area (Å²) in [6.45, 7) is 1.91. The minimum absolute atomic E-state index is 0.0822. The number of anilines is 2. The van der Waals surface area contributed by atoms with Crippen molar-refractivity contribution in [3.05, 3.63) is 58.1 Å². The summed E-state index contributed by atoms with van der Waals surface area (Å²) in [6.07, 6.45) is 1.17. The molecule has 2 fully saturated rings. The van der Waals surface area contributed by atoms with Crippen molar-refractivity contribution in [1.29, 1.82) is 0 Å². The van der Waals surface area contributed by atoms with Gasteiger partial charge in [-0.05, 0) is 42.7 Å². The van der Waals surface area contributed by atoms with Crippen LogP contribution in [0.1, 0.15) is 18.4 Å². The van der Waals surface area contributed by atoms with Gasteiger partial charge in [-0.2, -0.15) is 4.31 Å². The van der Waals surface area contributed by atoms with Crippen molar-refractivity contribution < 1.29 is 22.9 Å². The van der Waals surface area contributed by atoms with Crippen molar-refractivity contribution in [1.82, 2.24) is 4.31 Å². The number of rotatable bonds is 7. The van der Waals surface area contributed by atoms with Gasteiger partial charge in [0.05, 0.1) is 16.4 Å². The molecule has 11 heteroatoms. The molecule has 0 saturated carbocycles. The lowest BCUT2D eigenvalue weighted by Crippen LogP contribution is -2.27. The number of cyclic esters (lactones) is 1. The molecule has 2 aliphatic heterocycles. The molecular formula is C20H22N4O6S. The third-order valence-electron chi connectivity index (χ3n) is 5.33. The first kappa shape index (κ1) is 21.1. The highest BCUT2D eigenvalue weighted by Crippen LogP contribution is 2.31. The number of amides is 1. The van der Waals surface area contributed by atoms with Crippen LogP contribution in [0, 0.1) is 10.1 Å². The Balaban J connectivity index is 1.54. The third-order valence-corrected chi connectivity index (χ3v) is 7.23. The molecule has 1 amide bonds. The molecule has 2 heterocycles. The fraction of sp³-hybridized carbons (Fsp3) is 0.350. The smallest absolute Gasteiger partial charge is 0.414 e. The molecule has 31 heavy (non-hydrogen) atoms. The van der Waals surface area contributed by atoms with E-state index in [-0.39, 0.29) is 22.8 Å². The zero-order chi connectivity index (χ0) is 22.0. The minimum atomic E-state index is -3.75. The molecule has 2 aliphatic rings. The summed E-state index contributed by atoms with van der Waals surface area (Å²) in [5.74, 6) is 0. The number of hydrogen-bond acceptors (Lipinski definition) is 7. The molecular weight excluding hydrogens is 424 g/mol. The summed E-state index contributed by atoms with van der Waals surface area (Å²) in [7, 11) is -3.75. The monoisotopic (exact) mass is 446 g/mol. The number of carbonyl (C=O) groups is 1.